The third-order valence-electron chi connectivity index (χ3n) is 3.46. The molecule has 0 aromatic heterocycles. The molecule has 2 rings (SSSR count). The van der Waals surface area contributed by atoms with Crippen LogP contribution in [0.2, 0.25) is 10.0 Å². The highest BCUT2D eigenvalue weighted by Gasteiger charge is 2.41. The van der Waals surface area contributed by atoms with Crippen molar-refractivity contribution in [2.24, 2.45) is 0 Å². The highest BCUT2D eigenvalue weighted by Crippen LogP contribution is 2.47. The second kappa shape index (κ2) is 7.55. The smallest absolute Gasteiger partial charge is 0.347 e. The van der Waals surface area contributed by atoms with E-state index in [1.165, 1.54) is 0 Å². The molecule has 7 nitrogen and oxygen atoms in total. The van der Waals surface area contributed by atoms with Gasteiger partial charge in [-0.15, -0.1) is 0 Å². The first kappa shape index (κ1) is 22.5. The van der Waals surface area contributed by atoms with E-state index >= 15 is 0 Å². The van der Waals surface area contributed by atoms with Crippen LogP contribution in [0.15, 0.2) is 24.3 Å². The summed E-state index contributed by atoms with van der Waals surface area (Å²) in [6, 6.07) is 1.34. The van der Waals surface area contributed by atoms with Gasteiger partial charge in [0.25, 0.3) is 11.4 Å². The van der Waals surface area contributed by atoms with Crippen molar-refractivity contribution in [2.75, 3.05) is 5.32 Å². The lowest BCUT2D eigenvalue weighted by atomic mass is 10.1. The Hall–Kier alpha value is -2.80. The number of non-ortho nitro benzene ring substituents is 1. The van der Waals surface area contributed by atoms with E-state index in [2.05, 4.69) is 0 Å². The van der Waals surface area contributed by atoms with Crippen LogP contribution in [0.4, 0.5) is 49.1 Å². The highest BCUT2D eigenvalue weighted by molar-refractivity contribution is 6.39. The molecule has 0 radical (unpaired) electrons. The van der Waals surface area contributed by atoms with E-state index in [0.717, 1.165) is 0 Å². The van der Waals surface area contributed by atoms with Gasteiger partial charge in [0.1, 0.15) is 5.69 Å². The van der Waals surface area contributed by atoms with E-state index in [1.54, 1.807) is 5.32 Å². The number of anilines is 2. The number of alkyl halides is 6. The van der Waals surface area contributed by atoms with E-state index in [4.69, 9.17) is 23.2 Å². The van der Waals surface area contributed by atoms with Crippen LogP contribution in [0.5, 0.6) is 0 Å². The maximum absolute atomic E-state index is 13.4. The molecule has 0 spiro atoms. The molecule has 29 heavy (non-hydrogen) atoms. The summed E-state index contributed by atoms with van der Waals surface area (Å²) in [6.45, 7) is 0. The second-order valence-electron chi connectivity index (χ2n) is 5.31. The minimum Gasteiger partial charge on any atom is -0.347 e. The van der Waals surface area contributed by atoms with Crippen molar-refractivity contribution < 1.29 is 36.2 Å². The molecular weight excluding hydrogens is 459 g/mol. The van der Waals surface area contributed by atoms with Gasteiger partial charge in [0.15, 0.2) is 0 Å². The molecule has 0 amide bonds. The van der Waals surface area contributed by atoms with Gasteiger partial charge in [0, 0.05) is 6.07 Å². The second-order valence-corrected chi connectivity index (χ2v) is 6.09. The van der Waals surface area contributed by atoms with Crippen molar-refractivity contribution in [3.05, 3.63) is 65.7 Å². The summed E-state index contributed by atoms with van der Waals surface area (Å²) < 4.78 is 79.1. The third kappa shape index (κ3) is 4.62. The minimum atomic E-state index is -5.35. The quantitative estimate of drug-likeness (QED) is 0.313. The number of hydrogen-bond acceptors (Lipinski definition) is 5. The molecule has 0 aliphatic heterocycles. The lowest BCUT2D eigenvalue weighted by Gasteiger charge is -2.18. The summed E-state index contributed by atoms with van der Waals surface area (Å²) in [5, 5.41) is 22.1. The van der Waals surface area contributed by atoms with Crippen LogP contribution in [0.3, 0.4) is 0 Å². The van der Waals surface area contributed by atoms with Gasteiger partial charge >= 0.3 is 12.4 Å². The van der Waals surface area contributed by atoms with E-state index < -0.39 is 66.1 Å². The standard InChI is InChI=1S/C14H5Cl2F6N3O4/c15-8-2-1-6(13(17,18)19)10(16)12(8)23-11-7(14(20,21)22)3-5(24(26)27)4-9(11)25(28)29/h1-4,23H. The van der Waals surface area contributed by atoms with Crippen LogP contribution in [-0.4, -0.2) is 9.85 Å². The summed E-state index contributed by atoms with van der Waals surface area (Å²) in [5.74, 6) is 0. The minimum absolute atomic E-state index is 0.00917. The molecule has 1 N–H and O–H groups in total. The normalized spacial score (nSPS) is 12.0. The van der Waals surface area contributed by atoms with Crippen LogP contribution in [0.1, 0.15) is 11.1 Å². The van der Waals surface area contributed by atoms with Gasteiger partial charge in [0.2, 0.25) is 0 Å². The molecule has 2 aromatic rings. The Morgan fingerprint density at radius 1 is 0.828 bits per heavy atom. The Morgan fingerprint density at radius 3 is 1.83 bits per heavy atom. The van der Waals surface area contributed by atoms with E-state index in [9.17, 15) is 46.6 Å². The van der Waals surface area contributed by atoms with Crippen LogP contribution < -0.4 is 5.32 Å². The van der Waals surface area contributed by atoms with Crippen LogP contribution in [0.25, 0.3) is 0 Å². The number of rotatable bonds is 4. The van der Waals surface area contributed by atoms with Gasteiger partial charge < -0.3 is 5.32 Å². The van der Waals surface area contributed by atoms with Crippen molar-refractivity contribution >= 4 is 46.0 Å². The molecule has 0 atom stereocenters. The number of benzene rings is 2. The maximum Gasteiger partial charge on any atom is 0.418 e. The fourth-order valence-electron chi connectivity index (χ4n) is 2.23. The summed E-state index contributed by atoms with van der Waals surface area (Å²) in [6.07, 6.45) is -10.4. The number of nitrogens with one attached hydrogen (secondary N) is 1. The van der Waals surface area contributed by atoms with Crippen LogP contribution in [-0.2, 0) is 12.4 Å². The first-order valence-corrected chi connectivity index (χ1v) is 7.76. The first-order valence-electron chi connectivity index (χ1n) is 7.00. The van der Waals surface area contributed by atoms with Crippen LogP contribution in [0, 0.1) is 20.2 Å². The SMILES string of the molecule is O=[N+]([O-])c1cc([N+](=O)[O-])c(Nc2c(Cl)ccc(C(F)(F)F)c2Cl)c(C(F)(F)F)c1. The van der Waals surface area contributed by atoms with Crippen molar-refractivity contribution in [3.8, 4) is 0 Å². The van der Waals surface area contributed by atoms with E-state index in [0.29, 0.717) is 12.1 Å². The molecule has 0 aliphatic rings. The lowest BCUT2D eigenvalue weighted by Crippen LogP contribution is -2.13. The predicted octanol–water partition coefficient (Wildman–Crippen LogP) is 6.59. The van der Waals surface area contributed by atoms with Crippen molar-refractivity contribution in [2.45, 2.75) is 12.4 Å². The molecule has 15 heteroatoms. The Bertz CT molecular complexity index is 1010. The van der Waals surface area contributed by atoms with Gasteiger partial charge in [-0.1, -0.05) is 23.2 Å². The fraction of sp³-hybridized carbons (Fsp3) is 0.143. The third-order valence-corrected chi connectivity index (χ3v) is 4.17. The molecule has 0 aliphatic carbocycles. The summed E-state index contributed by atoms with van der Waals surface area (Å²) in [4.78, 5) is 19.3. The molecule has 0 saturated carbocycles. The predicted molar refractivity (Wildman–Crippen MR) is 89.5 cm³/mol. The molecule has 0 saturated heterocycles. The lowest BCUT2D eigenvalue weighted by molar-refractivity contribution is -0.394. The average Bonchev–Trinajstić information content (AvgIpc) is 2.55. The maximum atomic E-state index is 13.4. The zero-order valence-corrected chi connectivity index (χ0v) is 14.9. The highest BCUT2D eigenvalue weighted by atomic mass is 35.5. The van der Waals surface area contributed by atoms with Gasteiger partial charge in [-0.3, -0.25) is 20.2 Å². The Kier molecular flexibility index (Phi) is 5.86. The number of hydrogen-bond donors (Lipinski definition) is 1. The Morgan fingerprint density at radius 2 is 1.38 bits per heavy atom. The van der Waals surface area contributed by atoms with Crippen molar-refractivity contribution in [1.29, 1.82) is 0 Å². The number of nitrogens with zero attached hydrogens (tertiary/aromatic N) is 2. The topological polar surface area (TPSA) is 98.3 Å². The van der Waals surface area contributed by atoms with E-state index in [1.807, 2.05) is 0 Å². The first-order chi connectivity index (χ1) is 13.1. The zero-order chi connectivity index (χ0) is 22.3. The zero-order valence-electron chi connectivity index (χ0n) is 13.4. The van der Waals surface area contributed by atoms with Gasteiger partial charge in [0.05, 0.1) is 42.8 Å². The summed E-state index contributed by atoms with van der Waals surface area (Å²) in [5.41, 5.74) is -8.28. The fourth-order valence-corrected chi connectivity index (χ4v) is 2.80. The number of nitro benzene ring substituents is 2. The molecule has 156 valence electrons. The van der Waals surface area contributed by atoms with Gasteiger partial charge in [-0.2, -0.15) is 26.3 Å². The van der Waals surface area contributed by atoms with Gasteiger partial charge in [-0.25, -0.2) is 0 Å². The Labute approximate surface area is 166 Å². The molecular formula is C14H5Cl2F6N3O4. The summed E-state index contributed by atoms with van der Waals surface area (Å²) in [7, 11) is 0. The largest absolute Gasteiger partial charge is 0.418 e. The molecule has 0 fully saturated rings. The van der Waals surface area contributed by atoms with Crippen molar-refractivity contribution in [3.63, 3.8) is 0 Å². The monoisotopic (exact) mass is 463 g/mol. The number of halogens is 8. The van der Waals surface area contributed by atoms with Crippen LogP contribution >= 0.6 is 23.2 Å². The molecule has 0 bridgehead atoms. The average molecular weight is 464 g/mol. The molecule has 0 unspecified atom stereocenters. The summed E-state index contributed by atoms with van der Waals surface area (Å²) >= 11 is 11.3. The van der Waals surface area contributed by atoms with Gasteiger partial charge in [-0.05, 0) is 12.1 Å². The molecule has 2 aromatic carbocycles. The molecule has 0 heterocycles. The Balaban J connectivity index is 2.83. The van der Waals surface area contributed by atoms with E-state index in [-0.39, 0.29) is 12.1 Å². The number of nitro groups is 2. The van der Waals surface area contributed by atoms with Crippen molar-refractivity contribution in [1.82, 2.24) is 0 Å².